The van der Waals surface area contributed by atoms with Crippen molar-refractivity contribution in [2.75, 3.05) is 25.0 Å². The molecule has 1 saturated heterocycles. The number of nitrogens with two attached hydrogens (primary N) is 1. The van der Waals surface area contributed by atoms with Gasteiger partial charge in [0.05, 0.1) is 23.8 Å². The standard InChI is InChI=1S/C16H21N3O3S/c1-2-22-15(21)11-7-9-19(10-8-11)14(20)12-5-3-4-6-13(12)18-16(17)23/h3-6,11H,2,7-10H2,1H3,(H3,17,18,23). The number of esters is 1. The van der Waals surface area contributed by atoms with E-state index >= 15 is 0 Å². The number of likely N-dealkylation sites (tertiary alicyclic amines) is 1. The summed E-state index contributed by atoms with van der Waals surface area (Å²) >= 11 is 4.84. The molecular weight excluding hydrogens is 314 g/mol. The number of piperidine rings is 1. The van der Waals surface area contributed by atoms with Gasteiger partial charge in [-0.25, -0.2) is 0 Å². The number of nitrogens with zero attached hydrogens (tertiary/aromatic N) is 1. The average Bonchev–Trinajstić information content (AvgIpc) is 2.54. The minimum absolute atomic E-state index is 0.0911. The number of amides is 1. The topological polar surface area (TPSA) is 84.7 Å². The molecule has 1 aliphatic rings. The van der Waals surface area contributed by atoms with Gasteiger partial charge < -0.3 is 20.7 Å². The highest BCUT2D eigenvalue weighted by Gasteiger charge is 2.29. The number of thiocarbonyl (C=S) groups is 1. The first-order chi connectivity index (χ1) is 11.0. The monoisotopic (exact) mass is 335 g/mol. The van der Waals surface area contributed by atoms with Crippen LogP contribution in [0.1, 0.15) is 30.1 Å². The zero-order valence-corrected chi connectivity index (χ0v) is 13.9. The van der Waals surface area contributed by atoms with E-state index in [0.29, 0.717) is 43.8 Å². The number of benzene rings is 1. The zero-order valence-electron chi connectivity index (χ0n) is 13.1. The first kappa shape index (κ1) is 17.2. The van der Waals surface area contributed by atoms with Crippen LogP contribution in [-0.2, 0) is 9.53 Å². The van der Waals surface area contributed by atoms with Crippen LogP contribution in [0.25, 0.3) is 0 Å². The van der Waals surface area contributed by atoms with Crippen molar-refractivity contribution in [3.8, 4) is 0 Å². The minimum atomic E-state index is -0.171. The van der Waals surface area contributed by atoms with E-state index in [1.165, 1.54) is 0 Å². The van der Waals surface area contributed by atoms with Gasteiger partial charge >= 0.3 is 5.97 Å². The first-order valence-electron chi connectivity index (χ1n) is 7.64. The number of rotatable bonds is 4. The van der Waals surface area contributed by atoms with Crippen molar-refractivity contribution >= 4 is 34.9 Å². The molecule has 1 aromatic rings. The van der Waals surface area contributed by atoms with E-state index in [1.54, 1.807) is 30.0 Å². The van der Waals surface area contributed by atoms with Crippen molar-refractivity contribution < 1.29 is 14.3 Å². The normalized spacial score (nSPS) is 15.1. The van der Waals surface area contributed by atoms with Crippen LogP contribution in [0.4, 0.5) is 5.69 Å². The lowest BCUT2D eigenvalue weighted by Crippen LogP contribution is -2.41. The van der Waals surface area contributed by atoms with Gasteiger partial charge in [-0.2, -0.15) is 0 Å². The molecule has 0 aromatic heterocycles. The van der Waals surface area contributed by atoms with Crippen LogP contribution in [0, 0.1) is 5.92 Å². The summed E-state index contributed by atoms with van der Waals surface area (Å²) in [4.78, 5) is 26.2. The highest BCUT2D eigenvalue weighted by Crippen LogP contribution is 2.23. The number of carbonyl (C=O) groups excluding carboxylic acids is 2. The maximum absolute atomic E-state index is 12.7. The molecule has 1 fully saturated rings. The number of hydrogen-bond donors (Lipinski definition) is 2. The lowest BCUT2D eigenvalue weighted by molar-refractivity contribution is -0.149. The van der Waals surface area contributed by atoms with Crippen LogP contribution < -0.4 is 11.1 Å². The second-order valence-corrected chi connectivity index (χ2v) is 5.79. The van der Waals surface area contributed by atoms with Crippen LogP contribution in [0.2, 0.25) is 0 Å². The van der Waals surface area contributed by atoms with Gasteiger partial charge in [-0.1, -0.05) is 12.1 Å². The second-order valence-electron chi connectivity index (χ2n) is 5.35. The van der Waals surface area contributed by atoms with Gasteiger partial charge in [-0.05, 0) is 44.1 Å². The first-order valence-corrected chi connectivity index (χ1v) is 8.05. The van der Waals surface area contributed by atoms with Gasteiger partial charge in [0.15, 0.2) is 5.11 Å². The fraction of sp³-hybridized carbons (Fsp3) is 0.438. The van der Waals surface area contributed by atoms with E-state index in [2.05, 4.69) is 5.32 Å². The Balaban J connectivity index is 2.03. The summed E-state index contributed by atoms with van der Waals surface area (Å²) in [5.74, 6) is -0.384. The Bertz CT molecular complexity index is 598. The van der Waals surface area contributed by atoms with Gasteiger partial charge in [-0.3, -0.25) is 9.59 Å². The molecular formula is C16H21N3O3S. The quantitative estimate of drug-likeness (QED) is 0.644. The Morgan fingerprint density at radius 1 is 1.35 bits per heavy atom. The van der Waals surface area contributed by atoms with E-state index < -0.39 is 0 Å². The predicted molar refractivity (Wildman–Crippen MR) is 92.1 cm³/mol. The molecule has 0 unspecified atom stereocenters. The van der Waals surface area contributed by atoms with Gasteiger partial charge in [0, 0.05) is 13.1 Å². The molecule has 0 atom stereocenters. The van der Waals surface area contributed by atoms with Crippen molar-refractivity contribution in [1.82, 2.24) is 4.90 Å². The van der Waals surface area contributed by atoms with Crippen LogP contribution in [0.3, 0.4) is 0 Å². The third-order valence-corrected chi connectivity index (χ3v) is 3.92. The van der Waals surface area contributed by atoms with E-state index in [0.717, 1.165) is 0 Å². The summed E-state index contributed by atoms with van der Waals surface area (Å²) in [7, 11) is 0. The molecule has 3 N–H and O–H groups in total. The number of hydrogen-bond acceptors (Lipinski definition) is 4. The molecule has 0 spiro atoms. The van der Waals surface area contributed by atoms with E-state index in [1.807, 2.05) is 6.07 Å². The maximum Gasteiger partial charge on any atom is 0.309 e. The average molecular weight is 335 g/mol. The third kappa shape index (κ3) is 4.41. The molecule has 23 heavy (non-hydrogen) atoms. The maximum atomic E-state index is 12.7. The highest BCUT2D eigenvalue weighted by molar-refractivity contribution is 7.80. The van der Waals surface area contributed by atoms with Crippen molar-refractivity contribution in [3.05, 3.63) is 29.8 Å². The number of para-hydroxylation sites is 1. The van der Waals surface area contributed by atoms with Crippen molar-refractivity contribution in [2.45, 2.75) is 19.8 Å². The zero-order chi connectivity index (χ0) is 16.8. The molecule has 1 aliphatic heterocycles. The molecule has 1 amide bonds. The second kappa shape index (κ2) is 7.92. The van der Waals surface area contributed by atoms with Gasteiger partial charge in [0.2, 0.25) is 0 Å². The van der Waals surface area contributed by atoms with E-state index in [4.69, 9.17) is 22.7 Å². The summed E-state index contributed by atoms with van der Waals surface area (Å²) in [5, 5.41) is 2.94. The van der Waals surface area contributed by atoms with Crippen molar-refractivity contribution in [3.63, 3.8) is 0 Å². The van der Waals surface area contributed by atoms with E-state index in [-0.39, 0.29) is 22.9 Å². The van der Waals surface area contributed by atoms with Gasteiger partial charge in [0.25, 0.3) is 5.91 Å². The van der Waals surface area contributed by atoms with Crippen LogP contribution in [0.15, 0.2) is 24.3 Å². The number of nitrogens with one attached hydrogen (secondary N) is 1. The minimum Gasteiger partial charge on any atom is -0.466 e. The molecule has 0 saturated carbocycles. The molecule has 2 rings (SSSR count). The molecule has 124 valence electrons. The largest absolute Gasteiger partial charge is 0.466 e. The summed E-state index contributed by atoms with van der Waals surface area (Å²) < 4.78 is 5.04. The highest BCUT2D eigenvalue weighted by atomic mass is 32.1. The molecule has 0 aliphatic carbocycles. The fourth-order valence-corrected chi connectivity index (χ4v) is 2.77. The van der Waals surface area contributed by atoms with Crippen LogP contribution in [-0.4, -0.2) is 41.6 Å². The summed E-state index contributed by atoms with van der Waals surface area (Å²) in [5.41, 5.74) is 6.61. The van der Waals surface area contributed by atoms with Crippen LogP contribution in [0.5, 0.6) is 0 Å². The van der Waals surface area contributed by atoms with Gasteiger partial charge in [0.1, 0.15) is 0 Å². The number of ether oxygens (including phenoxy) is 1. The van der Waals surface area contributed by atoms with Crippen LogP contribution >= 0.6 is 12.2 Å². The molecule has 1 heterocycles. The SMILES string of the molecule is CCOC(=O)C1CCN(C(=O)c2ccccc2NC(N)=S)CC1. The fourth-order valence-electron chi connectivity index (χ4n) is 2.66. The lowest BCUT2D eigenvalue weighted by Gasteiger charge is -2.31. The van der Waals surface area contributed by atoms with E-state index in [9.17, 15) is 9.59 Å². The smallest absolute Gasteiger partial charge is 0.309 e. The summed E-state index contributed by atoms with van der Waals surface area (Å²) in [6, 6.07) is 7.10. The Labute approximate surface area is 141 Å². The lowest BCUT2D eigenvalue weighted by atomic mass is 9.96. The predicted octanol–water partition coefficient (Wildman–Crippen LogP) is 1.76. The molecule has 0 bridgehead atoms. The van der Waals surface area contributed by atoms with Crippen molar-refractivity contribution in [2.24, 2.45) is 11.7 Å². The Morgan fingerprint density at radius 2 is 2.00 bits per heavy atom. The van der Waals surface area contributed by atoms with Gasteiger partial charge in [-0.15, -0.1) is 0 Å². The molecule has 6 nitrogen and oxygen atoms in total. The third-order valence-electron chi connectivity index (χ3n) is 3.82. The Kier molecular flexibility index (Phi) is 5.92. The number of carbonyl (C=O) groups is 2. The van der Waals surface area contributed by atoms with Crippen molar-refractivity contribution in [1.29, 1.82) is 0 Å². The summed E-state index contributed by atoms with van der Waals surface area (Å²) in [6.07, 6.45) is 1.24. The Hall–Kier alpha value is -2.15. The Morgan fingerprint density at radius 3 is 2.61 bits per heavy atom. The summed E-state index contributed by atoms with van der Waals surface area (Å²) in [6.45, 7) is 3.24. The molecule has 7 heteroatoms. The number of anilines is 1. The molecule has 1 aromatic carbocycles. The molecule has 0 radical (unpaired) electrons.